The van der Waals surface area contributed by atoms with Crippen molar-refractivity contribution in [3.8, 4) is 0 Å². The van der Waals surface area contributed by atoms with E-state index in [2.05, 4.69) is 27.0 Å². The fourth-order valence-electron chi connectivity index (χ4n) is 2.20. The second kappa shape index (κ2) is 4.80. The van der Waals surface area contributed by atoms with Crippen LogP contribution in [0.2, 0.25) is 0 Å². The van der Waals surface area contributed by atoms with Gasteiger partial charge in [0, 0.05) is 19.2 Å². The monoisotopic (exact) mass is 226 g/mol. The number of nitrogens with one attached hydrogen (secondary N) is 2. The van der Waals surface area contributed by atoms with Crippen LogP contribution in [0.5, 0.6) is 0 Å². The van der Waals surface area contributed by atoms with Gasteiger partial charge >= 0.3 is 5.69 Å². The number of hydrogen-bond donors (Lipinski definition) is 3. The number of nitrogens with zero attached hydrogens (tertiary/aromatic N) is 2. The van der Waals surface area contributed by atoms with Crippen LogP contribution in [0.25, 0.3) is 0 Å². The average molecular weight is 226 g/mol. The fraction of sp³-hybridized carbons (Fsp3) is 0.800. The molecule has 1 aromatic heterocycles. The molecule has 2 rings (SSSR count). The largest absolute Gasteiger partial charge is 0.396 e. The van der Waals surface area contributed by atoms with Crippen molar-refractivity contribution in [2.75, 3.05) is 13.2 Å². The molecule has 0 aliphatic carbocycles. The highest BCUT2D eigenvalue weighted by Gasteiger charge is 2.25. The molecule has 16 heavy (non-hydrogen) atoms. The third kappa shape index (κ3) is 2.51. The Kier molecular flexibility index (Phi) is 3.40. The minimum absolute atomic E-state index is 0.236. The van der Waals surface area contributed by atoms with Gasteiger partial charge in [0.1, 0.15) is 5.82 Å². The summed E-state index contributed by atoms with van der Waals surface area (Å²) in [5, 5.41) is 15.4. The van der Waals surface area contributed by atoms with Crippen molar-refractivity contribution in [3.05, 3.63) is 16.3 Å². The number of aromatic nitrogens is 3. The molecule has 2 unspecified atom stereocenters. The van der Waals surface area contributed by atoms with E-state index in [-0.39, 0.29) is 12.3 Å². The molecule has 1 saturated heterocycles. The summed E-state index contributed by atoms with van der Waals surface area (Å²) in [7, 11) is 0. The first kappa shape index (κ1) is 11.3. The highest BCUT2D eigenvalue weighted by Crippen LogP contribution is 2.22. The molecule has 6 heteroatoms. The molecular formula is C10H18N4O2. The van der Waals surface area contributed by atoms with Gasteiger partial charge in [-0.2, -0.15) is 5.10 Å². The predicted molar refractivity (Wildman–Crippen MR) is 58.9 cm³/mol. The van der Waals surface area contributed by atoms with Gasteiger partial charge in [-0.3, -0.25) is 9.88 Å². The molecule has 1 aliphatic rings. The minimum atomic E-state index is -0.265. The van der Waals surface area contributed by atoms with Crippen LogP contribution < -0.4 is 5.69 Å². The van der Waals surface area contributed by atoms with Crippen molar-refractivity contribution in [1.82, 2.24) is 20.1 Å². The van der Waals surface area contributed by atoms with Gasteiger partial charge < -0.3 is 5.11 Å². The van der Waals surface area contributed by atoms with Crippen molar-refractivity contribution in [1.29, 1.82) is 0 Å². The number of H-pyrrole nitrogens is 2. The van der Waals surface area contributed by atoms with Crippen molar-refractivity contribution in [3.63, 3.8) is 0 Å². The summed E-state index contributed by atoms with van der Waals surface area (Å²) in [6, 6.07) is 0.475. The van der Waals surface area contributed by atoms with Crippen LogP contribution in [0.15, 0.2) is 4.79 Å². The molecule has 0 saturated carbocycles. The number of hydrogen-bond acceptors (Lipinski definition) is 4. The Labute approximate surface area is 93.7 Å². The maximum atomic E-state index is 10.9. The molecule has 2 atom stereocenters. The average Bonchev–Trinajstić information content (AvgIpc) is 2.67. The van der Waals surface area contributed by atoms with Crippen LogP contribution in [0.3, 0.4) is 0 Å². The Hall–Kier alpha value is -1.14. The van der Waals surface area contributed by atoms with Gasteiger partial charge in [-0.15, -0.1) is 0 Å². The zero-order valence-electron chi connectivity index (χ0n) is 9.44. The lowest BCUT2D eigenvalue weighted by molar-refractivity contribution is 0.0752. The summed E-state index contributed by atoms with van der Waals surface area (Å²) in [5.74, 6) is 1.01. The summed E-state index contributed by atoms with van der Waals surface area (Å²) in [6.45, 7) is 3.90. The first-order valence-corrected chi connectivity index (χ1v) is 5.67. The molecule has 0 aromatic carbocycles. The Balaban J connectivity index is 1.99. The smallest absolute Gasteiger partial charge is 0.340 e. The molecule has 0 spiro atoms. The predicted octanol–water partition coefficient (Wildman–Crippen LogP) is -0.309. The number of rotatable bonds is 3. The van der Waals surface area contributed by atoms with Crippen molar-refractivity contribution in [2.24, 2.45) is 5.92 Å². The number of aliphatic hydroxyl groups is 1. The zero-order valence-corrected chi connectivity index (χ0v) is 9.44. The molecule has 3 N–H and O–H groups in total. The van der Waals surface area contributed by atoms with E-state index in [4.69, 9.17) is 5.11 Å². The summed E-state index contributed by atoms with van der Waals surface area (Å²) in [5.41, 5.74) is -0.265. The van der Waals surface area contributed by atoms with E-state index in [1.165, 1.54) is 0 Å². The van der Waals surface area contributed by atoms with Crippen LogP contribution in [-0.4, -0.2) is 44.4 Å². The van der Waals surface area contributed by atoms with Crippen molar-refractivity contribution >= 4 is 0 Å². The van der Waals surface area contributed by atoms with Crippen LogP contribution >= 0.6 is 0 Å². The number of piperidine rings is 1. The first-order valence-electron chi connectivity index (χ1n) is 5.67. The Bertz CT molecular complexity index is 386. The highest BCUT2D eigenvalue weighted by molar-refractivity contribution is 4.86. The van der Waals surface area contributed by atoms with Crippen molar-refractivity contribution in [2.45, 2.75) is 32.4 Å². The Morgan fingerprint density at radius 2 is 2.38 bits per heavy atom. The summed E-state index contributed by atoms with van der Waals surface area (Å²) in [6.07, 6.45) is 2.16. The van der Waals surface area contributed by atoms with E-state index in [0.717, 1.165) is 19.4 Å². The summed E-state index contributed by atoms with van der Waals surface area (Å²) < 4.78 is 0. The molecule has 90 valence electrons. The molecule has 0 amide bonds. The maximum absolute atomic E-state index is 10.9. The van der Waals surface area contributed by atoms with Crippen LogP contribution in [-0.2, 0) is 6.54 Å². The number of aromatic amines is 2. The van der Waals surface area contributed by atoms with Crippen LogP contribution in [0, 0.1) is 5.92 Å². The normalized spacial score (nSPS) is 27.1. The lowest BCUT2D eigenvalue weighted by atomic mass is 9.94. The molecule has 0 radical (unpaired) electrons. The molecule has 1 aromatic rings. The SMILES string of the molecule is CC1CCC(CO)CN1Cc1n[nH]c(=O)[nH]1. The molecule has 1 fully saturated rings. The van der Waals surface area contributed by atoms with Gasteiger partial charge in [0.25, 0.3) is 0 Å². The van der Waals surface area contributed by atoms with E-state index in [1.54, 1.807) is 0 Å². The first-order chi connectivity index (χ1) is 7.69. The zero-order chi connectivity index (χ0) is 11.5. The number of aliphatic hydroxyl groups excluding tert-OH is 1. The van der Waals surface area contributed by atoms with E-state index in [1.807, 2.05) is 0 Å². The molecular weight excluding hydrogens is 208 g/mol. The van der Waals surface area contributed by atoms with Crippen LogP contribution in [0.4, 0.5) is 0 Å². The van der Waals surface area contributed by atoms with Gasteiger partial charge in [-0.25, -0.2) is 9.89 Å². The van der Waals surface area contributed by atoms with Gasteiger partial charge in [0.05, 0.1) is 6.54 Å². The standard InChI is InChI=1S/C10H18N4O2/c1-7-2-3-8(6-15)4-14(7)5-9-11-10(16)13-12-9/h7-8,15H,2-6H2,1H3,(H2,11,12,13,16). The molecule has 1 aliphatic heterocycles. The highest BCUT2D eigenvalue weighted by atomic mass is 16.3. The van der Waals surface area contributed by atoms with E-state index in [9.17, 15) is 4.79 Å². The van der Waals surface area contributed by atoms with E-state index >= 15 is 0 Å². The van der Waals surface area contributed by atoms with E-state index < -0.39 is 0 Å². The van der Waals surface area contributed by atoms with Gasteiger partial charge in [0.15, 0.2) is 0 Å². The summed E-state index contributed by atoms with van der Waals surface area (Å²) >= 11 is 0. The fourth-order valence-corrected chi connectivity index (χ4v) is 2.20. The molecule has 2 heterocycles. The third-order valence-corrected chi connectivity index (χ3v) is 3.27. The lowest BCUT2D eigenvalue weighted by Crippen LogP contribution is -2.42. The topological polar surface area (TPSA) is 85.0 Å². The Morgan fingerprint density at radius 3 is 3.00 bits per heavy atom. The second-order valence-electron chi connectivity index (χ2n) is 4.53. The molecule has 0 bridgehead atoms. The molecule has 6 nitrogen and oxygen atoms in total. The maximum Gasteiger partial charge on any atom is 0.340 e. The number of likely N-dealkylation sites (tertiary alicyclic amines) is 1. The second-order valence-corrected chi connectivity index (χ2v) is 4.53. The van der Waals surface area contributed by atoms with Crippen LogP contribution in [0.1, 0.15) is 25.6 Å². The minimum Gasteiger partial charge on any atom is -0.396 e. The quantitative estimate of drug-likeness (QED) is 0.660. The summed E-state index contributed by atoms with van der Waals surface area (Å²) in [4.78, 5) is 15.8. The van der Waals surface area contributed by atoms with Gasteiger partial charge in [-0.05, 0) is 25.7 Å². The van der Waals surface area contributed by atoms with Crippen molar-refractivity contribution < 1.29 is 5.11 Å². The van der Waals surface area contributed by atoms with E-state index in [0.29, 0.717) is 24.3 Å². The third-order valence-electron chi connectivity index (χ3n) is 3.27. The van der Waals surface area contributed by atoms with Gasteiger partial charge in [0.2, 0.25) is 0 Å². The Morgan fingerprint density at radius 1 is 1.56 bits per heavy atom. The lowest BCUT2D eigenvalue weighted by Gasteiger charge is -2.36. The van der Waals surface area contributed by atoms with Gasteiger partial charge in [-0.1, -0.05) is 0 Å².